The van der Waals surface area contributed by atoms with E-state index in [4.69, 9.17) is 0 Å². The average Bonchev–Trinajstić information content (AvgIpc) is 3.16. The summed E-state index contributed by atoms with van der Waals surface area (Å²) in [5.41, 5.74) is 2.12. The Morgan fingerprint density at radius 2 is 2.14 bits per heavy atom. The molecule has 1 aliphatic rings. The zero-order valence-electron chi connectivity index (χ0n) is 11.6. The van der Waals surface area contributed by atoms with Gasteiger partial charge in [-0.3, -0.25) is 4.79 Å². The summed E-state index contributed by atoms with van der Waals surface area (Å²) in [5, 5.41) is 8.27. The number of rotatable bonds is 3. The fourth-order valence-corrected chi connectivity index (χ4v) is 3.42. The molecule has 3 nitrogen and oxygen atoms in total. The second-order valence-corrected chi connectivity index (χ2v) is 6.75. The highest BCUT2D eigenvalue weighted by Crippen LogP contribution is 2.34. The molecule has 0 aliphatic carbocycles. The van der Waals surface area contributed by atoms with E-state index in [2.05, 4.69) is 39.2 Å². The van der Waals surface area contributed by atoms with E-state index >= 15 is 0 Å². The van der Waals surface area contributed by atoms with Crippen molar-refractivity contribution in [3.63, 3.8) is 0 Å². The minimum atomic E-state index is 0.00245. The van der Waals surface area contributed by atoms with Crippen molar-refractivity contribution in [3.05, 3.63) is 56.7 Å². The van der Waals surface area contributed by atoms with Crippen molar-refractivity contribution >= 4 is 38.9 Å². The topological polar surface area (TPSA) is 32.7 Å². The monoisotopic (exact) mass is 362 g/mol. The third-order valence-electron chi connectivity index (χ3n) is 3.53. The number of carbonyl (C=O) groups excluding carboxylic acids is 1. The van der Waals surface area contributed by atoms with Crippen LogP contribution >= 0.6 is 27.3 Å². The zero-order valence-corrected chi connectivity index (χ0v) is 14.0. The van der Waals surface area contributed by atoms with Crippen LogP contribution in [0, 0.1) is 0 Å². The van der Waals surface area contributed by atoms with Gasteiger partial charge in [0.25, 0.3) is 0 Å². The van der Waals surface area contributed by atoms with Crippen molar-refractivity contribution in [1.82, 2.24) is 5.01 Å². The maximum Gasteiger partial charge on any atom is 0.242 e. The number of thiophene rings is 1. The van der Waals surface area contributed by atoms with Crippen LogP contribution in [0.5, 0.6) is 0 Å². The van der Waals surface area contributed by atoms with Crippen molar-refractivity contribution in [1.29, 1.82) is 0 Å². The summed E-state index contributed by atoms with van der Waals surface area (Å²) >= 11 is 5.11. The number of amides is 1. The molecule has 1 aliphatic heterocycles. The molecule has 1 unspecified atom stereocenters. The van der Waals surface area contributed by atoms with Crippen LogP contribution in [-0.4, -0.2) is 16.6 Å². The second kappa shape index (κ2) is 6.12. The summed E-state index contributed by atoms with van der Waals surface area (Å²) in [6, 6.07) is 12.2. The number of hydrogen-bond acceptors (Lipinski definition) is 3. The first kappa shape index (κ1) is 14.5. The molecule has 0 spiro atoms. The Morgan fingerprint density at radius 1 is 1.38 bits per heavy atom. The predicted octanol–water partition coefficient (Wildman–Crippen LogP) is 4.60. The van der Waals surface area contributed by atoms with Crippen LogP contribution in [0.15, 0.2) is 51.4 Å². The normalized spacial score (nSPS) is 17.9. The molecule has 0 bridgehead atoms. The van der Waals surface area contributed by atoms with Gasteiger partial charge < -0.3 is 0 Å². The second-order valence-electron chi connectivity index (χ2n) is 4.89. The predicted molar refractivity (Wildman–Crippen MR) is 89.5 cm³/mol. The van der Waals surface area contributed by atoms with Crippen molar-refractivity contribution in [2.45, 2.75) is 25.8 Å². The number of halogens is 1. The first-order chi connectivity index (χ1) is 10.2. The van der Waals surface area contributed by atoms with Crippen molar-refractivity contribution in [2.24, 2.45) is 5.10 Å². The zero-order chi connectivity index (χ0) is 14.8. The molecule has 108 valence electrons. The Bertz CT molecular complexity index is 664. The lowest BCUT2D eigenvalue weighted by Gasteiger charge is -2.21. The average molecular weight is 363 g/mol. The van der Waals surface area contributed by atoms with Gasteiger partial charge in [0.05, 0.1) is 16.6 Å². The van der Waals surface area contributed by atoms with Crippen molar-refractivity contribution in [3.8, 4) is 0 Å². The molecule has 1 aromatic carbocycles. The SMILES string of the molecule is CCC(=O)N1N=C(c2cccs2)CC1c1ccc(Br)cc1. The Kier molecular flexibility index (Phi) is 4.22. The van der Waals surface area contributed by atoms with Gasteiger partial charge in [0.2, 0.25) is 5.91 Å². The molecule has 0 radical (unpaired) electrons. The Labute approximate surface area is 136 Å². The fourth-order valence-electron chi connectivity index (χ4n) is 2.44. The number of hydrazone groups is 1. The molecule has 1 atom stereocenters. The van der Waals surface area contributed by atoms with Gasteiger partial charge in [0.1, 0.15) is 0 Å². The molecule has 0 N–H and O–H groups in total. The maximum atomic E-state index is 12.2. The van der Waals surface area contributed by atoms with Gasteiger partial charge in [-0.05, 0) is 29.1 Å². The highest BCUT2D eigenvalue weighted by molar-refractivity contribution is 9.10. The Balaban J connectivity index is 1.93. The molecule has 2 aromatic rings. The quantitative estimate of drug-likeness (QED) is 0.785. The van der Waals surface area contributed by atoms with Gasteiger partial charge in [-0.1, -0.05) is 41.1 Å². The van der Waals surface area contributed by atoms with E-state index in [0.717, 1.165) is 27.0 Å². The summed E-state index contributed by atoms with van der Waals surface area (Å²) in [5.74, 6) is 0.0643. The van der Waals surface area contributed by atoms with Gasteiger partial charge in [-0.2, -0.15) is 5.10 Å². The van der Waals surface area contributed by atoms with Crippen LogP contribution in [-0.2, 0) is 4.79 Å². The van der Waals surface area contributed by atoms with Crippen LogP contribution in [0.4, 0.5) is 0 Å². The lowest BCUT2D eigenvalue weighted by Crippen LogP contribution is -2.26. The fraction of sp³-hybridized carbons (Fsp3) is 0.250. The van der Waals surface area contributed by atoms with E-state index in [1.807, 2.05) is 30.5 Å². The Morgan fingerprint density at radius 3 is 2.76 bits per heavy atom. The molecule has 0 saturated heterocycles. The molecule has 2 heterocycles. The minimum Gasteiger partial charge on any atom is -0.273 e. The lowest BCUT2D eigenvalue weighted by molar-refractivity contribution is -0.132. The molecule has 1 aromatic heterocycles. The van der Waals surface area contributed by atoms with Gasteiger partial charge in [0.15, 0.2) is 0 Å². The highest BCUT2D eigenvalue weighted by Gasteiger charge is 2.32. The molecular formula is C16H15BrN2OS. The summed E-state index contributed by atoms with van der Waals surface area (Å²) in [7, 11) is 0. The molecule has 1 amide bonds. The largest absolute Gasteiger partial charge is 0.273 e. The number of hydrogen-bond donors (Lipinski definition) is 0. The number of benzene rings is 1. The third-order valence-corrected chi connectivity index (χ3v) is 4.98. The highest BCUT2D eigenvalue weighted by atomic mass is 79.9. The number of carbonyl (C=O) groups is 1. The minimum absolute atomic E-state index is 0.00245. The molecular weight excluding hydrogens is 348 g/mol. The van der Waals surface area contributed by atoms with Crippen LogP contribution < -0.4 is 0 Å². The van der Waals surface area contributed by atoms with Gasteiger partial charge in [-0.25, -0.2) is 5.01 Å². The van der Waals surface area contributed by atoms with E-state index < -0.39 is 0 Å². The lowest BCUT2D eigenvalue weighted by atomic mass is 10.0. The smallest absolute Gasteiger partial charge is 0.242 e. The third kappa shape index (κ3) is 2.94. The molecule has 21 heavy (non-hydrogen) atoms. The van der Waals surface area contributed by atoms with E-state index in [-0.39, 0.29) is 11.9 Å². The van der Waals surface area contributed by atoms with E-state index in [9.17, 15) is 4.79 Å². The van der Waals surface area contributed by atoms with Crippen LogP contribution in [0.2, 0.25) is 0 Å². The van der Waals surface area contributed by atoms with E-state index in [1.54, 1.807) is 16.3 Å². The first-order valence-corrected chi connectivity index (χ1v) is 8.55. The summed E-state index contributed by atoms with van der Waals surface area (Å²) in [4.78, 5) is 13.3. The summed E-state index contributed by atoms with van der Waals surface area (Å²) < 4.78 is 1.04. The van der Waals surface area contributed by atoms with E-state index in [0.29, 0.717) is 6.42 Å². The molecule has 5 heteroatoms. The van der Waals surface area contributed by atoms with Crippen LogP contribution in [0.25, 0.3) is 0 Å². The van der Waals surface area contributed by atoms with E-state index in [1.165, 1.54) is 0 Å². The van der Waals surface area contributed by atoms with Crippen LogP contribution in [0.1, 0.15) is 36.2 Å². The standard InChI is InChI=1S/C16H15BrN2OS/c1-2-16(20)19-14(11-5-7-12(17)8-6-11)10-13(18-19)15-4-3-9-21-15/h3-9,14H,2,10H2,1H3. The van der Waals surface area contributed by atoms with Gasteiger partial charge in [-0.15, -0.1) is 11.3 Å². The first-order valence-electron chi connectivity index (χ1n) is 6.88. The van der Waals surface area contributed by atoms with Gasteiger partial charge in [0, 0.05) is 17.3 Å². The summed E-state index contributed by atoms with van der Waals surface area (Å²) in [6.45, 7) is 1.87. The Hall–Kier alpha value is -1.46. The van der Waals surface area contributed by atoms with Crippen molar-refractivity contribution < 1.29 is 4.79 Å². The molecule has 0 fully saturated rings. The summed E-state index contributed by atoms with van der Waals surface area (Å²) in [6.07, 6.45) is 1.24. The maximum absolute atomic E-state index is 12.2. The number of nitrogens with zero attached hydrogens (tertiary/aromatic N) is 2. The molecule has 3 rings (SSSR count). The van der Waals surface area contributed by atoms with Gasteiger partial charge >= 0.3 is 0 Å². The van der Waals surface area contributed by atoms with Crippen LogP contribution in [0.3, 0.4) is 0 Å². The molecule has 0 saturated carbocycles. The van der Waals surface area contributed by atoms with Crippen molar-refractivity contribution in [2.75, 3.05) is 0 Å².